The highest BCUT2D eigenvalue weighted by Gasteiger charge is 2.14. The number of amides is 1. The highest BCUT2D eigenvalue weighted by Crippen LogP contribution is 2.13. The molecule has 62 valence electrons. The van der Waals surface area contributed by atoms with Crippen molar-refractivity contribution in [2.45, 2.75) is 32.2 Å². The summed E-state index contributed by atoms with van der Waals surface area (Å²) in [5.74, 6) is -0.299. The van der Waals surface area contributed by atoms with Crippen molar-refractivity contribution in [2.24, 2.45) is 5.73 Å². The Morgan fingerprint density at radius 1 is 1.91 bits per heavy atom. The monoisotopic (exact) mass is 154 g/mol. The smallest absolute Gasteiger partial charge is 0.246 e. The van der Waals surface area contributed by atoms with E-state index in [1.165, 1.54) is 0 Å². The lowest BCUT2D eigenvalue weighted by Crippen LogP contribution is -2.30. The van der Waals surface area contributed by atoms with Gasteiger partial charge in [0.15, 0.2) is 0 Å². The minimum atomic E-state index is -0.299. The largest absolute Gasteiger partial charge is 0.388 e. The second kappa shape index (κ2) is 3.42. The first-order valence-electron chi connectivity index (χ1n) is 3.99. The van der Waals surface area contributed by atoms with Crippen molar-refractivity contribution >= 4 is 5.91 Å². The Labute approximate surface area is 66.6 Å². The molecule has 1 amide bonds. The molecule has 0 aromatic heterocycles. The van der Waals surface area contributed by atoms with Crippen LogP contribution < -0.4 is 11.1 Å². The van der Waals surface area contributed by atoms with Crippen LogP contribution in [0.15, 0.2) is 11.8 Å². The van der Waals surface area contributed by atoms with E-state index >= 15 is 0 Å². The van der Waals surface area contributed by atoms with Crippen molar-refractivity contribution in [1.82, 2.24) is 5.32 Å². The zero-order chi connectivity index (χ0) is 8.27. The molecule has 11 heavy (non-hydrogen) atoms. The molecule has 1 aliphatic heterocycles. The minimum absolute atomic E-state index is 0.299. The zero-order valence-corrected chi connectivity index (χ0v) is 6.76. The van der Waals surface area contributed by atoms with E-state index in [9.17, 15) is 4.79 Å². The first kappa shape index (κ1) is 8.11. The molecule has 0 aromatic rings. The maximum Gasteiger partial charge on any atom is 0.246 e. The predicted molar refractivity (Wildman–Crippen MR) is 43.7 cm³/mol. The quantitative estimate of drug-likeness (QED) is 0.609. The topological polar surface area (TPSA) is 55.1 Å². The molecule has 0 radical (unpaired) electrons. The van der Waals surface area contributed by atoms with E-state index in [0.29, 0.717) is 6.04 Å². The SMILES string of the molecule is CCC1CCC(C(N)=O)=CN1. The maximum atomic E-state index is 10.7. The first-order valence-corrected chi connectivity index (χ1v) is 3.99. The van der Waals surface area contributed by atoms with Crippen LogP contribution in [0.4, 0.5) is 0 Å². The number of rotatable bonds is 2. The molecular formula is C8H14N2O. The zero-order valence-electron chi connectivity index (χ0n) is 6.76. The fourth-order valence-corrected chi connectivity index (χ4v) is 1.22. The van der Waals surface area contributed by atoms with Gasteiger partial charge < -0.3 is 11.1 Å². The lowest BCUT2D eigenvalue weighted by Gasteiger charge is -2.20. The van der Waals surface area contributed by atoms with Gasteiger partial charge in [0.25, 0.3) is 0 Å². The van der Waals surface area contributed by atoms with Gasteiger partial charge in [-0.25, -0.2) is 0 Å². The van der Waals surface area contributed by atoms with Crippen molar-refractivity contribution in [1.29, 1.82) is 0 Å². The lowest BCUT2D eigenvalue weighted by molar-refractivity contribution is -0.114. The van der Waals surface area contributed by atoms with Crippen molar-refractivity contribution < 1.29 is 4.79 Å². The summed E-state index contributed by atoms with van der Waals surface area (Å²) in [4.78, 5) is 10.7. The molecule has 0 saturated carbocycles. The van der Waals surface area contributed by atoms with Crippen molar-refractivity contribution in [3.8, 4) is 0 Å². The Morgan fingerprint density at radius 3 is 3.00 bits per heavy atom. The molecule has 0 fully saturated rings. The molecule has 3 N–H and O–H groups in total. The second-order valence-corrected chi connectivity index (χ2v) is 2.84. The molecule has 1 unspecified atom stereocenters. The van der Waals surface area contributed by atoms with E-state index in [0.717, 1.165) is 24.8 Å². The molecule has 0 aliphatic carbocycles. The van der Waals surface area contributed by atoms with Gasteiger partial charge in [0, 0.05) is 17.8 Å². The van der Waals surface area contributed by atoms with Gasteiger partial charge in [0.05, 0.1) is 0 Å². The summed E-state index contributed by atoms with van der Waals surface area (Å²) >= 11 is 0. The summed E-state index contributed by atoms with van der Waals surface area (Å²) in [6.07, 6.45) is 4.69. The first-order chi connectivity index (χ1) is 5.24. The fraction of sp³-hybridized carbons (Fsp3) is 0.625. The molecule has 1 heterocycles. The van der Waals surface area contributed by atoms with Crippen LogP contribution in [-0.4, -0.2) is 11.9 Å². The van der Waals surface area contributed by atoms with E-state index < -0.39 is 0 Å². The van der Waals surface area contributed by atoms with E-state index in [2.05, 4.69) is 12.2 Å². The fourth-order valence-electron chi connectivity index (χ4n) is 1.22. The number of nitrogens with one attached hydrogen (secondary N) is 1. The predicted octanol–water partition coefficient (Wildman–Crippen LogP) is 0.518. The number of hydrogen-bond acceptors (Lipinski definition) is 2. The van der Waals surface area contributed by atoms with Crippen LogP contribution in [0.3, 0.4) is 0 Å². The van der Waals surface area contributed by atoms with Crippen LogP contribution >= 0.6 is 0 Å². The number of hydrogen-bond donors (Lipinski definition) is 2. The third kappa shape index (κ3) is 1.97. The Hall–Kier alpha value is -0.990. The van der Waals surface area contributed by atoms with E-state index in [-0.39, 0.29) is 5.91 Å². The van der Waals surface area contributed by atoms with Crippen LogP contribution in [0.25, 0.3) is 0 Å². The molecule has 1 atom stereocenters. The molecular weight excluding hydrogens is 140 g/mol. The normalized spacial score (nSPS) is 23.7. The third-order valence-electron chi connectivity index (χ3n) is 2.06. The van der Waals surface area contributed by atoms with Gasteiger partial charge in [-0.05, 0) is 19.3 Å². The molecule has 3 heteroatoms. The van der Waals surface area contributed by atoms with Crippen LogP contribution in [0.1, 0.15) is 26.2 Å². The average Bonchev–Trinajstić information content (AvgIpc) is 2.05. The Kier molecular flexibility index (Phi) is 2.52. The van der Waals surface area contributed by atoms with Gasteiger partial charge in [0.2, 0.25) is 5.91 Å². The molecule has 3 nitrogen and oxygen atoms in total. The van der Waals surface area contributed by atoms with Gasteiger partial charge >= 0.3 is 0 Å². The van der Waals surface area contributed by atoms with E-state index in [1.54, 1.807) is 6.20 Å². The standard InChI is InChI=1S/C8H14N2O/c1-2-7-4-3-6(5-10-7)8(9)11/h5,7,10H,2-4H2,1H3,(H2,9,11). The van der Waals surface area contributed by atoms with Crippen LogP contribution in [-0.2, 0) is 4.79 Å². The molecule has 0 spiro atoms. The summed E-state index contributed by atoms with van der Waals surface area (Å²) in [5, 5.41) is 3.14. The highest BCUT2D eigenvalue weighted by atomic mass is 16.1. The van der Waals surface area contributed by atoms with Gasteiger partial charge in [-0.1, -0.05) is 6.92 Å². The summed E-state index contributed by atoms with van der Waals surface area (Å²) in [6, 6.07) is 0.526. The van der Waals surface area contributed by atoms with Gasteiger partial charge in [-0.3, -0.25) is 4.79 Å². The number of carbonyl (C=O) groups excluding carboxylic acids is 1. The van der Waals surface area contributed by atoms with Crippen molar-refractivity contribution in [2.75, 3.05) is 0 Å². The van der Waals surface area contributed by atoms with E-state index in [1.807, 2.05) is 0 Å². The Balaban J connectivity index is 2.50. The minimum Gasteiger partial charge on any atom is -0.388 e. The lowest BCUT2D eigenvalue weighted by atomic mass is 10.0. The Bertz CT molecular complexity index is 187. The summed E-state index contributed by atoms with van der Waals surface area (Å²) < 4.78 is 0. The van der Waals surface area contributed by atoms with Gasteiger partial charge in [-0.15, -0.1) is 0 Å². The molecule has 0 bridgehead atoms. The molecule has 0 aromatic carbocycles. The number of carbonyl (C=O) groups is 1. The summed E-state index contributed by atoms with van der Waals surface area (Å²) in [7, 11) is 0. The molecule has 0 saturated heterocycles. The van der Waals surface area contributed by atoms with Crippen molar-refractivity contribution in [3.63, 3.8) is 0 Å². The molecule has 1 rings (SSSR count). The highest BCUT2D eigenvalue weighted by molar-refractivity contribution is 5.91. The number of primary amides is 1. The van der Waals surface area contributed by atoms with Gasteiger partial charge in [-0.2, -0.15) is 0 Å². The van der Waals surface area contributed by atoms with Crippen molar-refractivity contribution in [3.05, 3.63) is 11.8 Å². The molecule has 1 aliphatic rings. The summed E-state index contributed by atoms with van der Waals surface area (Å²) in [5.41, 5.74) is 5.82. The van der Waals surface area contributed by atoms with Gasteiger partial charge in [0.1, 0.15) is 0 Å². The van der Waals surface area contributed by atoms with Crippen LogP contribution in [0.2, 0.25) is 0 Å². The number of nitrogens with two attached hydrogens (primary N) is 1. The van der Waals surface area contributed by atoms with Crippen LogP contribution in [0, 0.1) is 0 Å². The van der Waals surface area contributed by atoms with Crippen LogP contribution in [0.5, 0.6) is 0 Å². The third-order valence-corrected chi connectivity index (χ3v) is 2.06. The Morgan fingerprint density at radius 2 is 2.64 bits per heavy atom. The average molecular weight is 154 g/mol. The summed E-state index contributed by atoms with van der Waals surface area (Å²) in [6.45, 7) is 2.13. The second-order valence-electron chi connectivity index (χ2n) is 2.84. The van der Waals surface area contributed by atoms with E-state index in [4.69, 9.17) is 5.73 Å². The maximum absolute atomic E-state index is 10.7.